The Bertz CT molecular complexity index is 545. The Labute approximate surface area is 107 Å². The summed E-state index contributed by atoms with van der Waals surface area (Å²) in [6.45, 7) is 3.71. The summed E-state index contributed by atoms with van der Waals surface area (Å²) in [5, 5.41) is 3.14. The van der Waals surface area contributed by atoms with Crippen molar-refractivity contribution in [3.63, 3.8) is 0 Å². The number of nitrogens with two attached hydrogens (primary N) is 1. The molecule has 0 amide bonds. The van der Waals surface area contributed by atoms with Gasteiger partial charge < -0.3 is 10.6 Å². The maximum absolute atomic E-state index is 12.4. The van der Waals surface area contributed by atoms with Crippen molar-refractivity contribution in [3.8, 4) is 0 Å². The highest BCUT2D eigenvalue weighted by molar-refractivity contribution is 7.93. The third kappa shape index (κ3) is 3.69. The van der Waals surface area contributed by atoms with E-state index >= 15 is 0 Å². The summed E-state index contributed by atoms with van der Waals surface area (Å²) in [6, 6.07) is 3.75. The summed E-state index contributed by atoms with van der Waals surface area (Å²) >= 11 is 0. The largest absolute Gasteiger partial charge is 0.396 e. The Hall–Kier alpha value is -1.63. The molecule has 2 unspecified atom stereocenters. The van der Waals surface area contributed by atoms with Crippen LogP contribution in [0.25, 0.3) is 0 Å². The number of aromatic nitrogens is 1. The molecule has 0 saturated heterocycles. The Morgan fingerprint density at radius 3 is 2.72 bits per heavy atom. The molecule has 0 aliphatic heterocycles. The van der Waals surface area contributed by atoms with Gasteiger partial charge in [0.2, 0.25) is 0 Å². The van der Waals surface area contributed by atoms with Gasteiger partial charge >= 0.3 is 0 Å². The number of rotatable bonds is 3. The van der Waals surface area contributed by atoms with Crippen LogP contribution in [0.3, 0.4) is 0 Å². The van der Waals surface area contributed by atoms with Crippen molar-refractivity contribution in [2.75, 3.05) is 13.4 Å². The summed E-state index contributed by atoms with van der Waals surface area (Å²) in [4.78, 5) is 8.66. The third-order valence-corrected chi connectivity index (χ3v) is 4.65. The molecule has 2 N–H and O–H groups in total. The van der Waals surface area contributed by atoms with Gasteiger partial charge in [0.15, 0.2) is 0 Å². The second kappa shape index (κ2) is 5.81. The van der Waals surface area contributed by atoms with Crippen molar-refractivity contribution in [2.24, 2.45) is 15.3 Å². The first kappa shape index (κ1) is 14.4. The maximum atomic E-state index is 12.4. The molecule has 0 aromatic carbocycles. The van der Waals surface area contributed by atoms with Crippen LogP contribution in [0, 0.1) is 6.92 Å². The van der Waals surface area contributed by atoms with Crippen molar-refractivity contribution in [1.82, 2.24) is 4.98 Å². The second-order valence-corrected chi connectivity index (χ2v) is 6.57. The third-order valence-electron chi connectivity index (χ3n) is 2.52. The lowest BCUT2D eigenvalue weighted by molar-refractivity contribution is 0.212. The molecule has 0 saturated carbocycles. The molecule has 0 aliphatic rings. The Kier molecular flexibility index (Phi) is 4.66. The van der Waals surface area contributed by atoms with Crippen molar-refractivity contribution < 1.29 is 9.05 Å². The summed E-state index contributed by atoms with van der Waals surface area (Å²) < 4.78 is 16.3. The molecule has 6 nitrogen and oxygen atoms in total. The number of pyridine rings is 1. The number of hydrogen-bond donors (Lipinski definition) is 1. The minimum atomic E-state index is -2.55. The normalized spacial score (nSPS) is 16.8. The van der Waals surface area contributed by atoms with E-state index in [2.05, 4.69) is 19.3 Å². The number of guanidine groups is 1. The molecule has 100 valence electrons. The van der Waals surface area contributed by atoms with Gasteiger partial charge in [0, 0.05) is 18.1 Å². The van der Waals surface area contributed by atoms with Crippen molar-refractivity contribution in [3.05, 3.63) is 29.6 Å². The van der Waals surface area contributed by atoms with Crippen LogP contribution < -0.4 is 5.73 Å². The molecule has 1 aromatic heterocycles. The zero-order valence-corrected chi connectivity index (χ0v) is 11.8. The van der Waals surface area contributed by atoms with Crippen molar-refractivity contribution in [1.29, 1.82) is 0 Å². The second-order valence-electron chi connectivity index (χ2n) is 3.96. The fraction of sp³-hybridized carbons (Fsp3) is 0.455. The first-order valence-corrected chi connectivity index (χ1v) is 7.35. The van der Waals surface area contributed by atoms with Gasteiger partial charge in [-0.05, 0) is 30.6 Å². The highest BCUT2D eigenvalue weighted by atomic mass is 32.2. The molecule has 0 aliphatic carbocycles. The number of oxime groups is 1. The number of hydrogen-bond acceptors (Lipinski definition) is 4. The Morgan fingerprint density at radius 1 is 1.56 bits per heavy atom. The standard InChI is InChI=1S/C11H18N4O2S/c1-8-5-6-10(7-13-8)9(2)18(4,16)15-11(12)14-17-3/h5-7,9H,1-4H3,(H2,12,14). The van der Waals surface area contributed by atoms with E-state index in [1.807, 2.05) is 26.0 Å². The van der Waals surface area contributed by atoms with Gasteiger partial charge in [0.05, 0.1) is 15.0 Å². The summed E-state index contributed by atoms with van der Waals surface area (Å²) in [7, 11) is -1.19. The molecular weight excluding hydrogens is 252 g/mol. The van der Waals surface area contributed by atoms with Gasteiger partial charge in [-0.15, -0.1) is 0 Å². The number of nitrogens with zero attached hydrogens (tertiary/aromatic N) is 3. The molecule has 0 bridgehead atoms. The van der Waals surface area contributed by atoms with E-state index in [0.29, 0.717) is 0 Å². The van der Waals surface area contributed by atoms with Crippen LogP contribution in [0.4, 0.5) is 0 Å². The lowest BCUT2D eigenvalue weighted by Gasteiger charge is -2.13. The van der Waals surface area contributed by atoms with Crippen molar-refractivity contribution >= 4 is 15.7 Å². The first-order valence-electron chi connectivity index (χ1n) is 5.37. The van der Waals surface area contributed by atoms with E-state index in [9.17, 15) is 4.21 Å². The quantitative estimate of drug-likeness (QED) is 0.511. The van der Waals surface area contributed by atoms with Gasteiger partial charge in [-0.25, -0.2) is 4.21 Å². The molecule has 0 radical (unpaired) electrons. The van der Waals surface area contributed by atoms with E-state index in [1.54, 1.807) is 6.20 Å². The fourth-order valence-corrected chi connectivity index (χ4v) is 2.55. The van der Waals surface area contributed by atoms with Crippen LogP contribution in [0.1, 0.15) is 23.4 Å². The average molecular weight is 270 g/mol. The zero-order valence-electron chi connectivity index (χ0n) is 11.0. The van der Waals surface area contributed by atoms with E-state index in [1.165, 1.54) is 13.4 Å². The monoisotopic (exact) mass is 270 g/mol. The van der Waals surface area contributed by atoms with E-state index < -0.39 is 9.73 Å². The van der Waals surface area contributed by atoms with E-state index in [-0.39, 0.29) is 11.2 Å². The predicted molar refractivity (Wildman–Crippen MR) is 72.5 cm³/mol. The molecule has 2 atom stereocenters. The Balaban J connectivity index is 3.09. The molecule has 1 rings (SSSR count). The van der Waals surface area contributed by atoms with Gasteiger partial charge in [0.1, 0.15) is 7.11 Å². The Morgan fingerprint density at radius 2 is 2.22 bits per heavy atom. The molecule has 7 heteroatoms. The van der Waals surface area contributed by atoms with Crippen LogP contribution in [0.15, 0.2) is 27.8 Å². The molecule has 18 heavy (non-hydrogen) atoms. The minimum absolute atomic E-state index is 0.128. The van der Waals surface area contributed by atoms with Gasteiger partial charge in [0.25, 0.3) is 5.96 Å². The van der Waals surface area contributed by atoms with Crippen LogP contribution in [0.5, 0.6) is 0 Å². The van der Waals surface area contributed by atoms with Crippen LogP contribution in [-0.4, -0.2) is 28.5 Å². The zero-order chi connectivity index (χ0) is 13.8. The molecule has 0 spiro atoms. The fourth-order valence-electron chi connectivity index (χ4n) is 1.35. The maximum Gasteiger partial charge on any atom is 0.265 e. The molecule has 1 aromatic rings. The van der Waals surface area contributed by atoms with Crippen LogP contribution >= 0.6 is 0 Å². The molecular formula is C11H18N4O2S. The molecule has 0 fully saturated rings. The lowest BCUT2D eigenvalue weighted by atomic mass is 10.2. The van der Waals surface area contributed by atoms with E-state index in [0.717, 1.165) is 11.3 Å². The topological polar surface area (TPSA) is 89.9 Å². The minimum Gasteiger partial charge on any atom is -0.396 e. The summed E-state index contributed by atoms with van der Waals surface area (Å²) in [5.74, 6) is -0.128. The average Bonchev–Trinajstić information content (AvgIpc) is 2.28. The van der Waals surface area contributed by atoms with Crippen molar-refractivity contribution in [2.45, 2.75) is 19.1 Å². The van der Waals surface area contributed by atoms with Gasteiger partial charge in [-0.1, -0.05) is 6.07 Å². The smallest absolute Gasteiger partial charge is 0.265 e. The van der Waals surface area contributed by atoms with Crippen LogP contribution in [0.2, 0.25) is 0 Å². The van der Waals surface area contributed by atoms with Crippen LogP contribution in [-0.2, 0) is 14.6 Å². The highest BCUT2D eigenvalue weighted by Gasteiger charge is 2.17. The van der Waals surface area contributed by atoms with Gasteiger partial charge in [-0.3, -0.25) is 4.98 Å². The molecule has 1 heterocycles. The summed E-state index contributed by atoms with van der Waals surface area (Å²) in [6.07, 6.45) is 3.23. The number of aryl methyl sites for hydroxylation is 1. The van der Waals surface area contributed by atoms with E-state index in [4.69, 9.17) is 5.73 Å². The predicted octanol–water partition coefficient (Wildman–Crippen LogP) is 1.42. The lowest BCUT2D eigenvalue weighted by Crippen LogP contribution is -2.16. The summed E-state index contributed by atoms with van der Waals surface area (Å²) in [5.41, 5.74) is 7.23. The highest BCUT2D eigenvalue weighted by Crippen LogP contribution is 2.22. The first-order chi connectivity index (χ1) is 8.36. The van der Waals surface area contributed by atoms with Gasteiger partial charge in [-0.2, -0.15) is 4.36 Å². The SMILES string of the molecule is CO/N=C(\N)N=S(C)(=O)C(C)c1ccc(C)nc1.